The van der Waals surface area contributed by atoms with E-state index >= 15 is 0 Å². The van der Waals surface area contributed by atoms with E-state index < -0.39 is 0 Å². The summed E-state index contributed by atoms with van der Waals surface area (Å²) in [5.41, 5.74) is 1.12. The Balaban J connectivity index is 1.79. The minimum atomic E-state index is -0.161. The lowest BCUT2D eigenvalue weighted by Gasteiger charge is -2.31. The lowest BCUT2D eigenvalue weighted by molar-refractivity contribution is -0.148. The first kappa shape index (κ1) is 17.5. The van der Waals surface area contributed by atoms with Gasteiger partial charge in [0.15, 0.2) is 0 Å². The van der Waals surface area contributed by atoms with Crippen LogP contribution in [0.3, 0.4) is 0 Å². The molecule has 0 aliphatic carbocycles. The molecule has 1 saturated heterocycles. The van der Waals surface area contributed by atoms with Crippen molar-refractivity contribution in [2.45, 2.75) is 19.8 Å². The Bertz CT molecular complexity index is 766. The van der Waals surface area contributed by atoms with E-state index in [1.54, 1.807) is 31.2 Å². The average Bonchev–Trinajstić information content (AvgIpc) is 2.90. The molecule has 0 unspecified atom stereocenters. The molecule has 25 heavy (non-hydrogen) atoms. The van der Waals surface area contributed by atoms with Gasteiger partial charge in [0.25, 0.3) is 0 Å². The van der Waals surface area contributed by atoms with E-state index in [1.807, 2.05) is 4.90 Å². The van der Waals surface area contributed by atoms with Gasteiger partial charge >= 0.3 is 5.97 Å². The molecule has 7 heteroatoms. The molecule has 134 valence electrons. The van der Waals surface area contributed by atoms with Gasteiger partial charge < -0.3 is 19.8 Å². The van der Waals surface area contributed by atoms with Crippen LogP contribution < -0.4 is 4.90 Å². The summed E-state index contributed by atoms with van der Waals surface area (Å²) in [6, 6.07) is 8.42. The third-order valence-electron chi connectivity index (χ3n) is 4.46. The number of nitrogens with zero attached hydrogens (tertiary/aromatic N) is 2. The van der Waals surface area contributed by atoms with Crippen LogP contribution >= 0.6 is 11.6 Å². The third-order valence-corrected chi connectivity index (χ3v) is 4.69. The number of aromatic nitrogens is 1. The Hall–Kier alpha value is -2.34. The van der Waals surface area contributed by atoms with Gasteiger partial charge in [-0.3, -0.25) is 4.79 Å². The number of rotatable bonds is 4. The summed E-state index contributed by atoms with van der Waals surface area (Å²) < 4.78 is 6.42. The van der Waals surface area contributed by atoms with Crippen LogP contribution in [0, 0.1) is 5.92 Å². The first-order valence-electron chi connectivity index (χ1n) is 8.32. The van der Waals surface area contributed by atoms with E-state index in [2.05, 4.69) is 0 Å². The summed E-state index contributed by atoms with van der Waals surface area (Å²) >= 11 is 6.00. The fourth-order valence-electron chi connectivity index (χ4n) is 3.19. The molecule has 2 N–H and O–H groups in total. The molecule has 0 saturated carbocycles. The second-order valence-electron chi connectivity index (χ2n) is 6.04. The number of hydrogen-bond acceptors (Lipinski definition) is 5. The molecular weight excluding hydrogens is 344 g/mol. The van der Waals surface area contributed by atoms with Crippen molar-refractivity contribution in [1.82, 2.24) is 4.57 Å². The van der Waals surface area contributed by atoms with Gasteiger partial charge in [0.1, 0.15) is 5.69 Å². The van der Waals surface area contributed by atoms with Crippen molar-refractivity contribution >= 4 is 23.3 Å². The highest BCUT2D eigenvalue weighted by Crippen LogP contribution is 2.39. The van der Waals surface area contributed by atoms with Gasteiger partial charge in [0.05, 0.1) is 18.2 Å². The van der Waals surface area contributed by atoms with Gasteiger partial charge in [0, 0.05) is 24.2 Å². The number of anilines is 1. The van der Waals surface area contributed by atoms with Crippen molar-refractivity contribution in [3.63, 3.8) is 0 Å². The largest absolute Gasteiger partial charge is 0.494 e. The summed E-state index contributed by atoms with van der Waals surface area (Å²) in [5.74, 6) is -0.385. The minimum Gasteiger partial charge on any atom is -0.494 e. The smallest absolute Gasteiger partial charge is 0.309 e. The van der Waals surface area contributed by atoms with E-state index in [1.165, 1.54) is 10.6 Å². The maximum absolute atomic E-state index is 11.8. The predicted molar refractivity (Wildman–Crippen MR) is 95.7 cm³/mol. The number of esters is 1. The Kier molecular flexibility index (Phi) is 5.08. The van der Waals surface area contributed by atoms with E-state index in [0.29, 0.717) is 48.9 Å². The highest BCUT2D eigenvalue weighted by molar-refractivity contribution is 6.30. The highest BCUT2D eigenvalue weighted by atomic mass is 35.5. The van der Waals surface area contributed by atoms with Gasteiger partial charge in [0.2, 0.25) is 11.8 Å². The number of piperidine rings is 1. The molecule has 1 aliphatic rings. The molecule has 3 rings (SSSR count). The number of ether oxygens (including phenoxy) is 1. The topological polar surface area (TPSA) is 74.9 Å². The van der Waals surface area contributed by atoms with Crippen LogP contribution in [0.5, 0.6) is 11.8 Å². The van der Waals surface area contributed by atoms with Crippen LogP contribution in [0.15, 0.2) is 30.3 Å². The molecule has 1 aromatic heterocycles. The van der Waals surface area contributed by atoms with E-state index in [0.717, 1.165) is 0 Å². The number of benzene rings is 1. The molecular formula is C18H21ClN2O4. The van der Waals surface area contributed by atoms with Crippen molar-refractivity contribution < 1.29 is 19.7 Å². The minimum absolute atomic E-state index is 0.0469. The Morgan fingerprint density at radius 1 is 1.28 bits per heavy atom. The SMILES string of the molecule is CCOC(=O)C1CCN(c2cc(O)n(-c3cccc(Cl)c3)c2O)CC1. The van der Waals surface area contributed by atoms with Crippen molar-refractivity contribution in [2.75, 3.05) is 24.6 Å². The molecule has 1 aliphatic heterocycles. The fraction of sp³-hybridized carbons (Fsp3) is 0.389. The monoisotopic (exact) mass is 364 g/mol. The van der Waals surface area contributed by atoms with Crippen molar-refractivity contribution in [3.05, 3.63) is 35.4 Å². The lowest BCUT2D eigenvalue weighted by atomic mass is 9.97. The Labute approximate surface area is 151 Å². The maximum atomic E-state index is 11.8. The molecule has 2 heterocycles. The number of carbonyl (C=O) groups excluding carboxylic acids is 1. The second kappa shape index (κ2) is 7.27. The molecule has 1 aromatic carbocycles. The highest BCUT2D eigenvalue weighted by Gasteiger charge is 2.29. The van der Waals surface area contributed by atoms with E-state index in [4.69, 9.17) is 16.3 Å². The van der Waals surface area contributed by atoms with Gasteiger partial charge in [-0.15, -0.1) is 0 Å². The zero-order valence-corrected chi connectivity index (χ0v) is 14.7. The molecule has 6 nitrogen and oxygen atoms in total. The normalized spacial score (nSPS) is 15.4. The third kappa shape index (κ3) is 3.54. The Morgan fingerprint density at radius 3 is 2.64 bits per heavy atom. The summed E-state index contributed by atoms with van der Waals surface area (Å²) in [7, 11) is 0. The van der Waals surface area contributed by atoms with Crippen LogP contribution in [0.25, 0.3) is 5.69 Å². The Morgan fingerprint density at radius 2 is 2.00 bits per heavy atom. The number of carbonyl (C=O) groups is 1. The van der Waals surface area contributed by atoms with E-state index in [-0.39, 0.29) is 23.6 Å². The van der Waals surface area contributed by atoms with Crippen LogP contribution in [-0.4, -0.2) is 40.4 Å². The number of aromatic hydroxyl groups is 2. The van der Waals surface area contributed by atoms with Gasteiger partial charge in [-0.25, -0.2) is 4.57 Å². The van der Waals surface area contributed by atoms with E-state index in [9.17, 15) is 15.0 Å². The quantitative estimate of drug-likeness (QED) is 0.814. The average molecular weight is 365 g/mol. The summed E-state index contributed by atoms with van der Waals surface area (Å²) in [4.78, 5) is 13.8. The zero-order valence-electron chi connectivity index (χ0n) is 14.0. The molecule has 0 spiro atoms. The second-order valence-corrected chi connectivity index (χ2v) is 6.48. The van der Waals surface area contributed by atoms with Crippen molar-refractivity contribution in [1.29, 1.82) is 0 Å². The first-order valence-corrected chi connectivity index (χ1v) is 8.70. The van der Waals surface area contributed by atoms with Crippen LogP contribution in [0.4, 0.5) is 5.69 Å². The molecule has 0 atom stereocenters. The van der Waals surface area contributed by atoms with Crippen LogP contribution in [-0.2, 0) is 9.53 Å². The van der Waals surface area contributed by atoms with Crippen molar-refractivity contribution in [2.24, 2.45) is 5.92 Å². The molecule has 1 fully saturated rings. The fourth-order valence-corrected chi connectivity index (χ4v) is 3.38. The maximum Gasteiger partial charge on any atom is 0.309 e. The van der Waals surface area contributed by atoms with Gasteiger partial charge in [-0.05, 0) is 38.0 Å². The van der Waals surface area contributed by atoms with Gasteiger partial charge in [-0.1, -0.05) is 17.7 Å². The molecule has 2 aromatic rings. The summed E-state index contributed by atoms with van der Waals surface area (Å²) in [6.45, 7) is 3.40. The summed E-state index contributed by atoms with van der Waals surface area (Å²) in [6.07, 6.45) is 1.31. The van der Waals surface area contributed by atoms with Crippen LogP contribution in [0.2, 0.25) is 5.02 Å². The molecule has 0 bridgehead atoms. The lowest BCUT2D eigenvalue weighted by Crippen LogP contribution is -2.36. The molecule has 0 amide bonds. The summed E-state index contributed by atoms with van der Waals surface area (Å²) in [5, 5.41) is 21.4. The standard InChI is InChI=1S/C18H21ClN2O4/c1-2-25-18(24)12-6-8-20(9-7-12)15-11-16(22)21(17(15)23)14-5-3-4-13(19)10-14/h3-5,10-12,22-23H,2,6-9H2,1H3. The zero-order chi connectivity index (χ0) is 18.0. The van der Waals surface area contributed by atoms with Crippen LogP contribution in [0.1, 0.15) is 19.8 Å². The number of hydrogen-bond donors (Lipinski definition) is 2. The first-order chi connectivity index (χ1) is 12.0. The van der Waals surface area contributed by atoms with Crippen molar-refractivity contribution in [3.8, 4) is 17.4 Å². The molecule has 0 radical (unpaired) electrons. The predicted octanol–water partition coefficient (Wildman–Crippen LogP) is 3.32. The van der Waals surface area contributed by atoms with Gasteiger partial charge in [-0.2, -0.15) is 0 Å². The number of halogens is 1.